The zero-order valence-electron chi connectivity index (χ0n) is 12.5. The Balaban J connectivity index is 1.96. The van der Waals surface area contributed by atoms with E-state index in [1.165, 1.54) is 4.90 Å². The Hall–Kier alpha value is -2.12. The van der Waals surface area contributed by atoms with E-state index in [1.54, 1.807) is 24.3 Å². The third-order valence-corrected chi connectivity index (χ3v) is 3.79. The molecule has 1 aromatic rings. The zero-order chi connectivity index (χ0) is 15.4. The van der Waals surface area contributed by atoms with E-state index in [2.05, 4.69) is 10.8 Å². The molecule has 0 saturated carbocycles. The van der Waals surface area contributed by atoms with E-state index >= 15 is 0 Å². The number of carbonyl (C=O) groups is 2. The van der Waals surface area contributed by atoms with Crippen LogP contribution >= 0.6 is 0 Å². The average molecular weight is 284 g/mol. The Kier molecular flexibility index (Phi) is 4.77. The van der Waals surface area contributed by atoms with Crippen molar-refractivity contribution in [2.75, 3.05) is 20.1 Å². The summed E-state index contributed by atoms with van der Waals surface area (Å²) in [6.07, 6.45) is 6.93. The van der Waals surface area contributed by atoms with E-state index in [1.807, 2.05) is 14.0 Å². The Morgan fingerprint density at radius 2 is 1.81 bits per heavy atom. The van der Waals surface area contributed by atoms with E-state index in [-0.39, 0.29) is 17.9 Å². The van der Waals surface area contributed by atoms with Gasteiger partial charge in [-0.05, 0) is 45.5 Å². The summed E-state index contributed by atoms with van der Waals surface area (Å²) >= 11 is 0. The van der Waals surface area contributed by atoms with Crippen LogP contribution in [-0.2, 0) is 0 Å². The van der Waals surface area contributed by atoms with Crippen LogP contribution in [0.25, 0.3) is 0 Å². The molecule has 0 spiro atoms. The number of amides is 2. The van der Waals surface area contributed by atoms with Gasteiger partial charge in [0.05, 0.1) is 17.7 Å². The molecule has 1 aliphatic rings. The van der Waals surface area contributed by atoms with Gasteiger partial charge < -0.3 is 0 Å². The standard InChI is InChI=1S/C17H20N2O2/c1-4-11-18(3)12-7-8-13(2)19-16(20)14-9-5-6-10-15(14)17(19)21/h1,5-6,9-10,13H,7-8,11-12H2,2-3H3. The predicted molar refractivity (Wildman–Crippen MR) is 82.0 cm³/mol. The molecule has 0 N–H and O–H groups in total. The highest BCUT2D eigenvalue weighted by atomic mass is 16.2. The molecule has 0 bridgehead atoms. The normalized spacial score (nSPS) is 15.2. The van der Waals surface area contributed by atoms with Gasteiger partial charge in [-0.2, -0.15) is 0 Å². The van der Waals surface area contributed by atoms with Crippen LogP contribution in [0.5, 0.6) is 0 Å². The maximum Gasteiger partial charge on any atom is 0.261 e. The minimum Gasteiger partial charge on any atom is -0.295 e. The molecule has 21 heavy (non-hydrogen) atoms. The maximum atomic E-state index is 12.3. The summed E-state index contributed by atoms with van der Waals surface area (Å²) in [6.45, 7) is 3.39. The fourth-order valence-corrected chi connectivity index (χ4v) is 2.63. The molecular weight excluding hydrogens is 264 g/mol. The van der Waals surface area contributed by atoms with Crippen LogP contribution in [0.15, 0.2) is 24.3 Å². The smallest absolute Gasteiger partial charge is 0.261 e. The minimum atomic E-state index is -0.180. The summed E-state index contributed by atoms with van der Waals surface area (Å²) < 4.78 is 0. The fourth-order valence-electron chi connectivity index (χ4n) is 2.63. The van der Waals surface area contributed by atoms with Gasteiger partial charge in [-0.1, -0.05) is 18.1 Å². The van der Waals surface area contributed by atoms with Gasteiger partial charge in [0.2, 0.25) is 0 Å². The van der Waals surface area contributed by atoms with Crippen molar-refractivity contribution in [2.45, 2.75) is 25.8 Å². The molecular formula is C17H20N2O2. The predicted octanol–water partition coefficient (Wildman–Crippen LogP) is 2.02. The van der Waals surface area contributed by atoms with Gasteiger partial charge in [-0.3, -0.25) is 19.4 Å². The molecule has 1 aliphatic heterocycles. The number of hydrogen-bond acceptors (Lipinski definition) is 3. The topological polar surface area (TPSA) is 40.6 Å². The molecule has 4 heteroatoms. The van der Waals surface area contributed by atoms with E-state index in [0.717, 1.165) is 19.4 Å². The zero-order valence-corrected chi connectivity index (χ0v) is 12.5. The van der Waals surface area contributed by atoms with Gasteiger partial charge in [0, 0.05) is 6.04 Å². The Bertz CT molecular complexity index is 554. The van der Waals surface area contributed by atoms with Gasteiger partial charge in [-0.15, -0.1) is 6.42 Å². The van der Waals surface area contributed by atoms with Gasteiger partial charge in [-0.25, -0.2) is 0 Å². The van der Waals surface area contributed by atoms with Crippen molar-refractivity contribution in [3.8, 4) is 12.3 Å². The summed E-state index contributed by atoms with van der Waals surface area (Å²) in [5, 5.41) is 0. The van der Waals surface area contributed by atoms with Crippen LogP contribution in [0.3, 0.4) is 0 Å². The van der Waals surface area contributed by atoms with E-state index < -0.39 is 0 Å². The average Bonchev–Trinajstić information content (AvgIpc) is 2.72. The van der Waals surface area contributed by atoms with Crippen LogP contribution in [0, 0.1) is 12.3 Å². The molecule has 1 unspecified atom stereocenters. The molecule has 1 aromatic carbocycles. The van der Waals surface area contributed by atoms with Crippen molar-refractivity contribution < 1.29 is 9.59 Å². The minimum absolute atomic E-state index is 0.100. The molecule has 1 heterocycles. The largest absolute Gasteiger partial charge is 0.295 e. The first-order valence-corrected chi connectivity index (χ1v) is 7.15. The summed E-state index contributed by atoms with van der Waals surface area (Å²) in [7, 11) is 1.96. The molecule has 2 rings (SSSR count). The quantitative estimate of drug-likeness (QED) is 0.593. The number of imide groups is 1. The van der Waals surface area contributed by atoms with Gasteiger partial charge in [0.15, 0.2) is 0 Å². The number of benzene rings is 1. The number of terminal acetylenes is 1. The SMILES string of the molecule is C#CCN(C)CCCC(C)N1C(=O)c2ccccc2C1=O. The number of hydrogen-bond donors (Lipinski definition) is 0. The monoisotopic (exact) mass is 284 g/mol. The van der Waals surface area contributed by atoms with Crippen molar-refractivity contribution in [2.24, 2.45) is 0 Å². The first-order valence-electron chi connectivity index (χ1n) is 7.15. The molecule has 0 radical (unpaired) electrons. The molecule has 0 aromatic heterocycles. The lowest BCUT2D eigenvalue weighted by Gasteiger charge is -2.23. The van der Waals surface area contributed by atoms with E-state index in [9.17, 15) is 9.59 Å². The third-order valence-electron chi connectivity index (χ3n) is 3.79. The second-order valence-electron chi connectivity index (χ2n) is 5.46. The second kappa shape index (κ2) is 6.55. The highest BCUT2D eigenvalue weighted by Crippen LogP contribution is 2.25. The molecule has 110 valence electrons. The Labute approximate surface area is 125 Å². The lowest BCUT2D eigenvalue weighted by atomic mass is 10.1. The van der Waals surface area contributed by atoms with Crippen molar-refractivity contribution in [1.82, 2.24) is 9.80 Å². The van der Waals surface area contributed by atoms with Crippen LogP contribution < -0.4 is 0 Å². The summed E-state index contributed by atoms with van der Waals surface area (Å²) in [5.74, 6) is 2.23. The number of carbonyl (C=O) groups excluding carboxylic acids is 2. The molecule has 0 aliphatic carbocycles. The first-order chi connectivity index (χ1) is 10.1. The molecule has 0 fully saturated rings. The summed E-state index contributed by atoms with van der Waals surface area (Å²) in [6, 6.07) is 6.89. The number of nitrogens with zero attached hydrogens (tertiary/aromatic N) is 2. The fraction of sp³-hybridized carbons (Fsp3) is 0.412. The lowest BCUT2D eigenvalue weighted by molar-refractivity contribution is 0.0587. The lowest BCUT2D eigenvalue weighted by Crippen LogP contribution is -2.38. The van der Waals surface area contributed by atoms with Crippen molar-refractivity contribution in [3.05, 3.63) is 35.4 Å². The molecule has 4 nitrogen and oxygen atoms in total. The number of rotatable bonds is 6. The highest BCUT2D eigenvalue weighted by molar-refractivity contribution is 6.21. The summed E-state index contributed by atoms with van der Waals surface area (Å²) in [5.41, 5.74) is 1.03. The molecule has 1 atom stereocenters. The van der Waals surface area contributed by atoms with Gasteiger partial charge >= 0.3 is 0 Å². The first kappa shape index (κ1) is 15.3. The third kappa shape index (κ3) is 3.14. The van der Waals surface area contributed by atoms with Crippen LogP contribution in [0.4, 0.5) is 0 Å². The van der Waals surface area contributed by atoms with Crippen LogP contribution in [0.2, 0.25) is 0 Å². The van der Waals surface area contributed by atoms with Crippen LogP contribution in [0.1, 0.15) is 40.5 Å². The molecule has 2 amide bonds. The van der Waals surface area contributed by atoms with E-state index in [4.69, 9.17) is 6.42 Å². The van der Waals surface area contributed by atoms with Crippen molar-refractivity contribution in [3.63, 3.8) is 0 Å². The Morgan fingerprint density at radius 3 is 2.33 bits per heavy atom. The maximum absolute atomic E-state index is 12.3. The number of fused-ring (bicyclic) bond motifs is 1. The van der Waals surface area contributed by atoms with E-state index in [0.29, 0.717) is 17.7 Å². The highest BCUT2D eigenvalue weighted by Gasteiger charge is 2.37. The van der Waals surface area contributed by atoms with Gasteiger partial charge in [0.1, 0.15) is 0 Å². The summed E-state index contributed by atoms with van der Waals surface area (Å²) in [4.78, 5) is 28.1. The van der Waals surface area contributed by atoms with Crippen LogP contribution in [-0.4, -0.2) is 47.8 Å². The van der Waals surface area contributed by atoms with Gasteiger partial charge in [0.25, 0.3) is 11.8 Å². The van der Waals surface area contributed by atoms with Crippen molar-refractivity contribution >= 4 is 11.8 Å². The molecule has 0 saturated heterocycles. The Morgan fingerprint density at radius 1 is 1.24 bits per heavy atom. The second-order valence-corrected chi connectivity index (χ2v) is 5.46. The van der Waals surface area contributed by atoms with Crippen molar-refractivity contribution in [1.29, 1.82) is 0 Å².